The van der Waals surface area contributed by atoms with Crippen molar-refractivity contribution < 1.29 is 9.53 Å². The summed E-state index contributed by atoms with van der Waals surface area (Å²) in [7, 11) is 0. The molecule has 0 radical (unpaired) electrons. The molecule has 4 N–H and O–H groups in total. The number of carbonyl (C=O) groups is 1. The maximum Gasteiger partial charge on any atom is 0.224 e. The molecule has 6 heteroatoms. The number of ether oxygens (including phenoxy) is 1. The van der Waals surface area contributed by atoms with Gasteiger partial charge in [0, 0.05) is 26.3 Å². The molecule has 19 heavy (non-hydrogen) atoms. The molecule has 0 saturated carbocycles. The van der Waals surface area contributed by atoms with E-state index in [0.29, 0.717) is 12.5 Å². The quantitative estimate of drug-likeness (QED) is 0.323. The number of hydrogen-bond acceptors (Lipinski definition) is 3. The minimum Gasteiger partial charge on any atom is -0.382 e. The molecule has 6 nitrogen and oxygen atoms in total. The van der Waals surface area contributed by atoms with E-state index in [0.717, 1.165) is 32.7 Å². The summed E-state index contributed by atoms with van der Waals surface area (Å²) in [5.41, 5.74) is 4.69. The summed E-state index contributed by atoms with van der Waals surface area (Å²) < 4.78 is 5.26. The Bertz CT molecular complexity index is 290. The number of rotatable bonds is 9. The number of amides is 1. The molecule has 0 aromatic rings. The van der Waals surface area contributed by atoms with E-state index >= 15 is 0 Å². The van der Waals surface area contributed by atoms with E-state index in [1.54, 1.807) is 13.8 Å². The zero-order chi connectivity index (χ0) is 14.7. The molecule has 0 heterocycles. The SMILES string of the molecule is CCNC(=NCC(C)(C)C(N)=O)NCCCOCC. The van der Waals surface area contributed by atoms with Gasteiger partial charge in [-0.05, 0) is 34.1 Å². The second kappa shape index (κ2) is 9.61. The van der Waals surface area contributed by atoms with Crippen molar-refractivity contribution in [3.05, 3.63) is 0 Å². The van der Waals surface area contributed by atoms with Gasteiger partial charge in [0.1, 0.15) is 0 Å². The lowest BCUT2D eigenvalue weighted by Gasteiger charge is -2.19. The number of hydrogen-bond donors (Lipinski definition) is 3. The number of nitrogens with two attached hydrogens (primary N) is 1. The molecule has 0 fully saturated rings. The van der Waals surface area contributed by atoms with Gasteiger partial charge >= 0.3 is 0 Å². The van der Waals surface area contributed by atoms with E-state index in [4.69, 9.17) is 10.5 Å². The van der Waals surface area contributed by atoms with E-state index in [-0.39, 0.29) is 5.91 Å². The zero-order valence-electron chi connectivity index (χ0n) is 12.6. The van der Waals surface area contributed by atoms with Crippen LogP contribution < -0.4 is 16.4 Å². The normalized spacial score (nSPS) is 12.3. The monoisotopic (exact) mass is 272 g/mol. The molecule has 0 bridgehead atoms. The molecular weight excluding hydrogens is 244 g/mol. The van der Waals surface area contributed by atoms with E-state index in [1.807, 2.05) is 13.8 Å². The van der Waals surface area contributed by atoms with E-state index in [2.05, 4.69) is 15.6 Å². The molecule has 0 aromatic carbocycles. The molecule has 0 aliphatic heterocycles. The van der Waals surface area contributed by atoms with Gasteiger partial charge < -0.3 is 21.1 Å². The van der Waals surface area contributed by atoms with Gasteiger partial charge in [0.25, 0.3) is 0 Å². The number of aliphatic imine (C=N–C) groups is 1. The van der Waals surface area contributed by atoms with Crippen molar-refractivity contribution in [1.82, 2.24) is 10.6 Å². The molecule has 0 aromatic heterocycles. The Morgan fingerprint density at radius 1 is 1.32 bits per heavy atom. The van der Waals surface area contributed by atoms with Crippen LogP contribution in [0.1, 0.15) is 34.1 Å². The van der Waals surface area contributed by atoms with Crippen molar-refractivity contribution in [2.45, 2.75) is 34.1 Å². The Labute approximate surface area is 116 Å². The molecule has 0 atom stereocenters. The predicted octanol–water partition coefficient (Wildman–Crippen LogP) is 0.480. The first-order valence-corrected chi connectivity index (χ1v) is 6.83. The van der Waals surface area contributed by atoms with Crippen LogP contribution in [0.4, 0.5) is 0 Å². The molecule has 0 aliphatic carbocycles. The summed E-state index contributed by atoms with van der Waals surface area (Å²) in [4.78, 5) is 15.6. The lowest BCUT2D eigenvalue weighted by molar-refractivity contribution is -0.125. The maximum atomic E-state index is 11.2. The smallest absolute Gasteiger partial charge is 0.224 e. The van der Waals surface area contributed by atoms with Crippen LogP contribution in [0.2, 0.25) is 0 Å². The van der Waals surface area contributed by atoms with Gasteiger partial charge in [0.2, 0.25) is 5.91 Å². The minimum atomic E-state index is -0.631. The minimum absolute atomic E-state index is 0.344. The highest BCUT2D eigenvalue weighted by Crippen LogP contribution is 2.13. The Hall–Kier alpha value is -1.30. The topological polar surface area (TPSA) is 88.7 Å². The standard InChI is InChI=1S/C13H28N4O2/c1-5-15-12(16-8-7-9-19-6-2)17-10-13(3,4)11(14)18/h5-10H2,1-4H3,(H2,14,18)(H2,15,16,17). The molecule has 0 rings (SSSR count). The lowest BCUT2D eigenvalue weighted by atomic mass is 9.93. The summed E-state index contributed by atoms with van der Waals surface area (Å²) in [5, 5.41) is 6.33. The van der Waals surface area contributed by atoms with Gasteiger partial charge in [-0.1, -0.05) is 0 Å². The Morgan fingerprint density at radius 3 is 2.53 bits per heavy atom. The van der Waals surface area contributed by atoms with Crippen LogP contribution in [0.5, 0.6) is 0 Å². The summed E-state index contributed by atoms with van der Waals surface area (Å²) in [5.74, 6) is 0.358. The highest BCUT2D eigenvalue weighted by atomic mass is 16.5. The van der Waals surface area contributed by atoms with Crippen LogP contribution >= 0.6 is 0 Å². The zero-order valence-corrected chi connectivity index (χ0v) is 12.6. The van der Waals surface area contributed by atoms with Crippen LogP contribution in [0.15, 0.2) is 4.99 Å². The first kappa shape index (κ1) is 17.7. The van der Waals surface area contributed by atoms with Crippen molar-refractivity contribution in [3.8, 4) is 0 Å². The fourth-order valence-electron chi connectivity index (χ4n) is 1.22. The largest absolute Gasteiger partial charge is 0.382 e. The summed E-state index contributed by atoms with van der Waals surface area (Å²) in [6, 6.07) is 0. The number of carbonyl (C=O) groups excluding carboxylic acids is 1. The third-order valence-electron chi connectivity index (χ3n) is 2.61. The Kier molecular flexibility index (Phi) is 8.95. The van der Waals surface area contributed by atoms with Gasteiger partial charge in [-0.15, -0.1) is 0 Å². The average Bonchev–Trinajstić information content (AvgIpc) is 2.35. The van der Waals surface area contributed by atoms with E-state index in [1.165, 1.54) is 0 Å². The first-order chi connectivity index (χ1) is 8.94. The number of nitrogens with one attached hydrogen (secondary N) is 2. The van der Waals surface area contributed by atoms with Crippen molar-refractivity contribution in [1.29, 1.82) is 0 Å². The second-order valence-electron chi connectivity index (χ2n) is 4.92. The van der Waals surface area contributed by atoms with Crippen molar-refractivity contribution in [3.63, 3.8) is 0 Å². The second-order valence-corrected chi connectivity index (χ2v) is 4.92. The van der Waals surface area contributed by atoms with Crippen LogP contribution in [0, 0.1) is 5.41 Å². The molecule has 0 saturated heterocycles. The fourth-order valence-corrected chi connectivity index (χ4v) is 1.22. The van der Waals surface area contributed by atoms with Gasteiger partial charge in [0.15, 0.2) is 5.96 Å². The maximum absolute atomic E-state index is 11.2. The molecule has 112 valence electrons. The first-order valence-electron chi connectivity index (χ1n) is 6.83. The van der Waals surface area contributed by atoms with Gasteiger partial charge in [0.05, 0.1) is 12.0 Å². The number of guanidine groups is 1. The average molecular weight is 272 g/mol. The summed E-state index contributed by atoms with van der Waals surface area (Å²) in [6.45, 7) is 10.9. The molecule has 1 amide bonds. The van der Waals surface area contributed by atoms with E-state index < -0.39 is 5.41 Å². The third kappa shape index (κ3) is 8.42. The van der Waals surface area contributed by atoms with Crippen molar-refractivity contribution >= 4 is 11.9 Å². The van der Waals surface area contributed by atoms with Crippen molar-refractivity contribution in [2.75, 3.05) is 32.8 Å². The highest BCUT2D eigenvalue weighted by molar-refractivity contribution is 5.82. The number of nitrogens with zero attached hydrogens (tertiary/aromatic N) is 1. The van der Waals surface area contributed by atoms with Crippen LogP contribution in [-0.4, -0.2) is 44.7 Å². The fraction of sp³-hybridized carbons (Fsp3) is 0.846. The number of primary amides is 1. The summed E-state index contributed by atoms with van der Waals surface area (Å²) >= 11 is 0. The Morgan fingerprint density at radius 2 is 2.00 bits per heavy atom. The highest BCUT2D eigenvalue weighted by Gasteiger charge is 2.24. The van der Waals surface area contributed by atoms with Crippen LogP contribution in [0.3, 0.4) is 0 Å². The third-order valence-corrected chi connectivity index (χ3v) is 2.61. The molecule has 0 unspecified atom stereocenters. The molecular formula is C13H28N4O2. The van der Waals surface area contributed by atoms with Gasteiger partial charge in [-0.2, -0.15) is 0 Å². The lowest BCUT2D eigenvalue weighted by Crippen LogP contribution is -2.40. The molecule has 0 spiro atoms. The van der Waals surface area contributed by atoms with Crippen molar-refractivity contribution in [2.24, 2.45) is 16.1 Å². The van der Waals surface area contributed by atoms with Crippen LogP contribution in [-0.2, 0) is 9.53 Å². The van der Waals surface area contributed by atoms with Gasteiger partial charge in [-0.25, -0.2) is 0 Å². The van der Waals surface area contributed by atoms with Gasteiger partial charge in [-0.3, -0.25) is 9.79 Å². The van der Waals surface area contributed by atoms with E-state index in [9.17, 15) is 4.79 Å². The van der Waals surface area contributed by atoms with Crippen LogP contribution in [0.25, 0.3) is 0 Å². The predicted molar refractivity (Wildman–Crippen MR) is 78.1 cm³/mol. The molecule has 0 aliphatic rings. The Balaban J connectivity index is 4.19. The summed E-state index contributed by atoms with van der Waals surface area (Å²) in [6.07, 6.45) is 0.914.